The third kappa shape index (κ3) is 3.54. The van der Waals surface area contributed by atoms with E-state index in [4.69, 9.17) is 14.9 Å². The van der Waals surface area contributed by atoms with Crippen LogP contribution < -0.4 is 10.6 Å². The SMILES string of the molecule is CCOC(=O)C(N)Cc1ccc(N2CCCCC2C)o1. The molecule has 1 saturated heterocycles. The summed E-state index contributed by atoms with van der Waals surface area (Å²) in [5.74, 6) is 1.23. The van der Waals surface area contributed by atoms with E-state index in [1.165, 1.54) is 19.3 Å². The van der Waals surface area contributed by atoms with Crippen molar-refractivity contribution >= 4 is 11.9 Å². The summed E-state index contributed by atoms with van der Waals surface area (Å²) < 4.78 is 10.7. The molecule has 2 heterocycles. The van der Waals surface area contributed by atoms with Gasteiger partial charge >= 0.3 is 5.97 Å². The van der Waals surface area contributed by atoms with Crippen LogP contribution in [0.15, 0.2) is 16.5 Å². The number of hydrogen-bond acceptors (Lipinski definition) is 5. The van der Waals surface area contributed by atoms with E-state index in [0.29, 0.717) is 19.1 Å². The molecular formula is C15H24N2O3. The maximum Gasteiger partial charge on any atom is 0.323 e. The van der Waals surface area contributed by atoms with Gasteiger partial charge in [-0.15, -0.1) is 0 Å². The van der Waals surface area contributed by atoms with Crippen molar-refractivity contribution in [2.24, 2.45) is 5.73 Å². The number of carbonyl (C=O) groups is 1. The molecule has 0 bridgehead atoms. The smallest absolute Gasteiger partial charge is 0.323 e. The number of ether oxygens (including phenoxy) is 1. The lowest BCUT2D eigenvalue weighted by molar-refractivity contribution is -0.144. The lowest BCUT2D eigenvalue weighted by atomic mass is 10.0. The molecule has 0 amide bonds. The summed E-state index contributed by atoms with van der Waals surface area (Å²) in [5, 5.41) is 0. The average molecular weight is 280 g/mol. The van der Waals surface area contributed by atoms with Crippen molar-refractivity contribution in [3.8, 4) is 0 Å². The number of hydrogen-bond donors (Lipinski definition) is 1. The maximum atomic E-state index is 11.5. The lowest BCUT2D eigenvalue weighted by Crippen LogP contribution is -2.37. The van der Waals surface area contributed by atoms with E-state index in [0.717, 1.165) is 18.2 Å². The van der Waals surface area contributed by atoms with Crippen molar-refractivity contribution in [3.05, 3.63) is 17.9 Å². The zero-order valence-electron chi connectivity index (χ0n) is 12.3. The number of rotatable bonds is 5. The van der Waals surface area contributed by atoms with Gasteiger partial charge in [-0.25, -0.2) is 0 Å². The van der Waals surface area contributed by atoms with Crippen LogP contribution in [0.2, 0.25) is 0 Å². The quantitative estimate of drug-likeness (QED) is 0.836. The standard InChI is InChI=1S/C15H24N2O3/c1-3-19-15(18)13(16)10-12-7-8-14(20-12)17-9-5-4-6-11(17)2/h7-8,11,13H,3-6,9-10,16H2,1-2H3. The second-order valence-electron chi connectivity index (χ2n) is 5.34. The topological polar surface area (TPSA) is 68.7 Å². The Hall–Kier alpha value is -1.49. The first kappa shape index (κ1) is 14.9. The van der Waals surface area contributed by atoms with Gasteiger partial charge in [-0.05, 0) is 39.2 Å². The Morgan fingerprint density at radius 2 is 2.35 bits per heavy atom. The predicted octanol–water partition coefficient (Wildman–Crippen LogP) is 2.09. The molecule has 2 rings (SSSR count). The predicted molar refractivity (Wildman–Crippen MR) is 77.7 cm³/mol. The molecule has 0 aromatic carbocycles. The van der Waals surface area contributed by atoms with E-state index < -0.39 is 6.04 Å². The van der Waals surface area contributed by atoms with E-state index in [9.17, 15) is 4.79 Å². The first-order valence-corrected chi connectivity index (χ1v) is 7.39. The number of piperidine rings is 1. The average Bonchev–Trinajstić information content (AvgIpc) is 2.87. The number of carbonyl (C=O) groups excluding carboxylic acids is 1. The fraction of sp³-hybridized carbons (Fsp3) is 0.667. The molecule has 0 radical (unpaired) electrons. The molecule has 5 heteroatoms. The number of esters is 1. The Kier molecular flexibility index (Phi) is 5.06. The molecule has 0 saturated carbocycles. The Labute approximate surface area is 120 Å². The van der Waals surface area contributed by atoms with Crippen molar-refractivity contribution in [1.82, 2.24) is 0 Å². The Morgan fingerprint density at radius 1 is 1.55 bits per heavy atom. The monoisotopic (exact) mass is 280 g/mol. The van der Waals surface area contributed by atoms with Crippen LogP contribution in [0.5, 0.6) is 0 Å². The van der Waals surface area contributed by atoms with Gasteiger partial charge in [0.05, 0.1) is 6.61 Å². The van der Waals surface area contributed by atoms with Gasteiger partial charge in [0.15, 0.2) is 5.88 Å². The molecule has 2 unspecified atom stereocenters. The number of nitrogens with zero attached hydrogens (tertiary/aromatic N) is 1. The van der Waals surface area contributed by atoms with Gasteiger partial charge in [0.25, 0.3) is 0 Å². The van der Waals surface area contributed by atoms with Gasteiger partial charge < -0.3 is 19.8 Å². The molecule has 1 aromatic heterocycles. The highest BCUT2D eigenvalue weighted by molar-refractivity contribution is 5.75. The Balaban J connectivity index is 1.96. The molecule has 112 valence electrons. The third-order valence-electron chi connectivity index (χ3n) is 3.74. The molecule has 0 aliphatic carbocycles. The van der Waals surface area contributed by atoms with Crippen molar-refractivity contribution < 1.29 is 13.9 Å². The van der Waals surface area contributed by atoms with Crippen LogP contribution in [0.25, 0.3) is 0 Å². The second-order valence-corrected chi connectivity index (χ2v) is 5.34. The van der Waals surface area contributed by atoms with Gasteiger partial charge in [-0.1, -0.05) is 0 Å². The molecule has 1 fully saturated rings. The van der Waals surface area contributed by atoms with Crippen LogP contribution in [0.3, 0.4) is 0 Å². The van der Waals surface area contributed by atoms with Crippen molar-refractivity contribution in [3.63, 3.8) is 0 Å². The summed E-state index contributed by atoms with van der Waals surface area (Å²) in [6.45, 7) is 5.36. The summed E-state index contributed by atoms with van der Waals surface area (Å²) >= 11 is 0. The van der Waals surface area contributed by atoms with Crippen LogP contribution >= 0.6 is 0 Å². The number of furan rings is 1. The summed E-state index contributed by atoms with van der Waals surface area (Å²) in [5.41, 5.74) is 5.80. The van der Waals surface area contributed by atoms with Gasteiger partial charge in [-0.3, -0.25) is 4.79 Å². The van der Waals surface area contributed by atoms with Crippen LogP contribution in [0, 0.1) is 0 Å². The minimum absolute atomic E-state index is 0.348. The zero-order chi connectivity index (χ0) is 14.5. The van der Waals surface area contributed by atoms with Crippen LogP contribution in [0.1, 0.15) is 38.9 Å². The lowest BCUT2D eigenvalue weighted by Gasteiger charge is -2.33. The van der Waals surface area contributed by atoms with E-state index in [1.807, 2.05) is 12.1 Å². The minimum atomic E-state index is -0.660. The second kappa shape index (κ2) is 6.79. The molecule has 2 N–H and O–H groups in total. The van der Waals surface area contributed by atoms with Gasteiger partial charge in [0.1, 0.15) is 11.8 Å². The first-order chi connectivity index (χ1) is 9.61. The van der Waals surface area contributed by atoms with E-state index in [-0.39, 0.29) is 5.97 Å². The van der Waals surface area contributed by atoms with Gasteiger partial charge in [-0.2, -0.15) is 0 Å². The minimum Gasteiger partial charge on any atom is -0.465 e. The molecule has 0 spiro atoms. The molecule has 2 atom stereocenters. The van der Waals surface area contributed by atoms with E-state index in [2.05, 4.69) is 11.8 Å². The molecule has 1 aliphatic heterocycles. The van der Waals surface area contributed by atoms with Gasteiger partial charge in [0.2, 0.25) is 0 Å². The van der Waals surface area contributed by atoms with E-state index in [1.54, 1.807) is 6.92 Å². The first-order valence-electron chi connectivity index (χ1n) is 7.39. The summed E-state index contributed by atoms with van der Waals surface area (Å²) in [6.07, 6.45) is 4.04. The molecule has 5 nitrogen and oxygen atoms in total. The van der Waals surface area contributed by atoms with E-state index >= 15 is 0 Å². The summed E-state index contributed by atoms with van der Waals surface area (Å²) in [7, 11) is 0. The van der Waals surface area contributed by atoms with Crippen molar-refractivity contribution in [2.75, 3.05) is 18.1 Å². The summed E-state index contributed by atoms with van der Waals surface area (Å²) in [4.78, 5) is 13.8. The molecular weight excluding hydrogens is 256 g/mol. The largest absolute Gasteiger partial charge is 0.465 e. The highest BCUT2D eigenvalue weighted by atomic mass is 16.5. The van der Waals surface area contributed by atoms with Crippen LogP contribution in [0.4, 0.5) is 5.88 Å². The molecule has 20 heavy (non-hydrogen) atoms. The fourth-order valence-electron chi connectivity index (χ4n) is 2.61. The van der Waals surface area contributed by atoms with Crippen molar-refractivity contribution in [1.29, 1.82) is 0 Å². The Morgan fingerprint density at radius 3 is 3.05 bits per heavy atom. The Bertz CT molecular complexity index is 444. The number of nitrogens with two attached hydrogens (primary N) is 1. The van der Waals surface area contributed by atoms with Gasteiger partial charge in [0, 0.05) is 25.1 Å². The number of anilines is 1. The van der Waals surface area contributed by atoms with Crippen LogP contribution in [-0.4, -0.2) is 31.2 Å². The normalized spacial score (nSPS) is 20.8. The van der Waals surface area contributed by atoms with Crippen molar-refractivity contribution in [2.45, 2.75) is 51.6 Å². The zero-order valence-corrected chi connectivity index (χ0v) is 12.3. The van der Waals surface area contributed by atoms with Crippen LogP contribution in [-0.2, 0) is 16.0 Å². The summed E-state index contributed by atoms with van der Waals surface area (Å²) in [6, 6.07) is 3.71. The third-order valence-corrected chi connectivity index (χ3v) is 3.74. The molecule has 1 aromatic rings. The highest BCUT2D eigenvalue weighted by Gasteiger charge is 2.22. The fourth-order valence-corrected chi connectivity index (χ4v) is 2.61. The maximum absolute atomic E-state index is 11.5. The molecule has 1 aliphatic rings. The highest BCUT2D eigenvalue weighted by Crippen LogP contribution is 2.26.